The molecule has 4 rings (SSSR count). The molecule has 2 aromatic carbocycles. The number of carbonyl (C=O) groups is 2. The highest BCUT2D eigenvalue weighted by Crippen LogP contribution is 2.34. The Morgan fingerprint density at radius 2 is 1.77 bits per heavy atom. The predicted octanol–water partition coefficient (Wildman–Crippen LogP) is 3.26. The van der Waals surface area contributed by atoms with E-state index in [0.29, 0.717) is 38.1 Å². The molecule has 0 saturated carbocycles. The van der Waals surface area contributed by atoms with Gasteiger partial charge in [-0.25, -0.2) is 0 Å². The van der Waals surface area contributed by atoms with Gasteiger partial charge in [0.1, 0.15) is 0 Å². The first-order valence-corrected chi connectivity index (χ1v) is 10.9. The third-order valence-corrected chi connectivity index (χ3v) is 6.51. The number of benzene rings is 2. The van der Waals surface area contributed by atoms with E-state index in [1.165, 1.54) is 11.1 Å². The van der Waals surface area contributed by atoms with E-state index in [1.807, 2.05) is 35.2 Å². The zero-order valence-electron chi connectivity index (χ0n) is 18.3. The molecule has 0 bridgehead atoms. The molecular weight excluding hydrogens is 392 g/mol. The van der Waals surface area contributed by atoms with E-state index in [-0.39, 0.29) is 17.4 Å². The molecule has 0 aliphatic carbocycles. The minimum atomic E-state index is -0.335. The summed E-state index contributed by atoms with van der Waals surface area (Å²) in [6.45, 7) is 1.27. The molecular formula is C25H30N2O4. The molecule has 0 aromatic heterocycles. The Hall–Kier alpha value is -3.02. The van der Waals surface area contributed by atoms with Gasteiger partial charge < -0.3 is 19.7 Å². The Kier molecular flexibility index (Phi) is 6.16. The zero-order chi connectivity index (χ0) is 21.8. The number of rotatable bonds is 7. The lowest BCUT2D eigenvalue weighted by molar-refractivity contribution is -0.132. The van der Waals surface area contributed by atoms with Crippen molar-refractivity contribution >= 4 is 11.8 Å². The summed E-state index contributed by atoms with van der Waals surface area (Å²) in [5.74, 6) is 1.62. The summed E-state index contributed by atoms with van der Waals surface area (Å²) in [5.41, 5.74) is 3.15. The summed E-state index contributed by atoms with van der Waals surface area (Å²) < 4.78 is 10.8. The van der Waals surface area contributed by atoms with Crippen molar-refractivity contribution in [3.63, 3.8) is 0 Å². The van der Waals surface area contributed by atoms with Gasteiger partial charge in [0.05, 0.1) is 14.2 Å². The molecule has 2 aromatic rings. The predicted molar refractivity (Wildman–Crippen MR) is 118 cm³/mol. The molecule has 2 aliphatic heterocycles. The molecule has 1 atom stereocenters. The third-order valence-electron chi connectivity index (χ3n) is 6.51. The Balaban J connectivity index is 1.42. The first kappa shape index (κ1) is 21.2. The van der Waals surface area contributed by atoms with Crippen LogP contribution in [0, 0.1) is 0 Å². The van der Waals surface area contributed by atoms with Crippen LogP contribution in [0.4, 0.5) is 0 Å². The summed E-state index contributed by atoms with van der Waals surface area (Å²) in [6, 6.07) is 14.2. The average Bonchev–Trinajstić information content (AvgIpc) is 3.17. The largest absolute Gasteiger partial charge is 0.493 e. The third kappa shape index (κ3) is 4.68. The molecule has 6 heteroatoms. The van der Waals surface area contributed by atoms with Crippen molar-refractivity contribution in [3.8, 4) is 11.5 Å². The number of nitrogens with one attached hydrogen (secondary N) is 1. The van der Waals surface area contributed by atoms with Crippen LogP contribution in [0.25, 0.3) is 0 Å². The molecule has 1 N–H and O–H groups in total. The molecule has 0 radical (unpaired) electrons. The van der Waals surface area contributed by atoms with Crippen molar-refractivity contribution in [2.45, 2.75) is 50.6 Å². The van der Waals surface area contributed by atoms with Gasteiger partial charge in [0.15, 0.2) is 11.5 Å². The molecule has 31 heavy (non-hydrogen) atoms. The van der Waals surface area contributed by atoms with Crippen molar-refractivity contribution in [2.24, 2.45) is 0 Å². The summed E-state index contributed by atoms with van der Waals surface area (Å²) >= 11 is 0. The lowest BCUT2D eigenvalue weighted by Crippen LogP contribution is -2.45. The molecule has 2 amide bonds. The SMILES string of the molecule is COc1cc2c(cc1OC)CN(C(=O)CCC1(Cc3ccccc3)CCC(=O)N1)CC2. The molecule has 0 spiro atoms. The van der Waals surface area contributed by atoms with Crippen LogP contribution < -0.4 is 14.8 Å². The van der Waals surface area contributed by atoms with Crippen molar-refractivity contribution in [3.05, 3.63) is 59.2 Å². The summed E-state index contributed by atoms with van der Waals surface area (Å²) in [7, 11) is 3.26. The highest BCUT2D eigenvalue weighted by molar-refractivity contribution is 5.80. The number of ether oxygens (including phenoxy) is 2. The maximum atomic E-state index is 13.1. The highest BCUT2D eigenvalue weighted by Gasteiger charge is 2.38. The highest BCUT2D eigenvalue weighted by atomic mass is 16.5. The number of hydrogen-bond donors (Lipinski definition) is 1. The summed E-state index contributed by atoms with van der Waals surface area (Å²) in [4.78, 5) is 27.0. The smallest absolute Gasteiger partial charge is 0.222 e. The minimum Gasteiger partial charge on any atom is -0.493 e. The first-order chi connectivity index (χ1) is 15.0. The second-order valence-corrected chi connectivity index (χ2v) is 8.53. The van der Waals surface area contributed by atoms with E-state index >= 15 is 0 Å². The Morgan fingerprint density at radius 1 is 1.06 bits per heavy atom. The van der Waals surface area contributed by atoms with Gasteiger partial charge in [0.2, 0.25) is 11.8 Å². The van der Waals surface area contributed by atoms with Gasteiger partial charge >= 0.3 is 0 Å². The average molecular weight is 423 g/mol. The van der Waals surface area contributed by atoms with Gasteiger partial charge in [-0.1, -0.05) is 30.3 Å². The van der Waals surface area contributed by atoms with Gasteiger partial charge in [-0.3, -0.25) is 9.59 Å². The van der Waals surface area contributed by atoms with Crippen molar-refractivity contribution in [1.82, 2.24) is 10.2 Å². The normalized spacial score (nSPS) is 20.2. The van der Waals surface area contributed by atoms with Gasteiger partial charge in [-0.2, -0.15) is 0 Å². The van der Waals surface area contributed by atoms with Crippen molar-refractivity contribution in [2.75, 3.05) is 20.8 Å². The number of nitrogens with zero attached hydrogens (tertiary/aromatic N) is 1. The molecule has 1 unspecified atom stereocenters. The van der Waals surface area contributed by atoms with E-state index in [2.05, 4.69) is 17.4 Å². The molecule has 1 saturated heterocycles. The van der Waals surface area contributed by atoms with E-state index < -0.39 is 0 Å². The zero-order valence-corrected chi connectivity index (χ0v) is 18.3. The van der Waals surface area contributed by atoms with Crippen LogP contribution in [0.15, 0.2) is 42.5 Å². The van der Waals surface area contributed by atoms with Crippen molar-refractivity contribution in [1.29, 1.82) is 0 Å². The Bertz CT molecular complexity index is 959. The lowest BCUT2D eigenvalue weighted by atomic mass is 9.84. The molecule has 2 aliphatic rings. The monoisotopic (exact) mass is 422 g/mol. The quantitative estimate of drug-likeness (QED) is 0.744. The molecule has 2 heterocycles. The van der Waals surface area contributed by atoms with E-state index in [9.17, 15) is 9.59 Å². The Labute approximate surface area is 183 Å². The van der Waals surface area contributed by atoms with Gasteiger partial charge in [-0.05, 0) is 54.5 Å². The van der Waals surface area contributed by atoms with Crippen molar-refractivity contribution < 1.29 is 19.1 Å². The Morgan fingerprint density at radius 3 is 2.42 bits per heavy atom. The topological polar surface area (TPSA) is 67.9 Å². The molecule has 164 valence electrons. The lowest BCUT2D eigenvalue weighted by Gasteiger charge is -2.33. The van der Waals surface area contributed by atoms with Crippen LogP contribution in [0.3, 0.4) is 0 Å². The van der Waals surface area contributed by atoms with Gasteiger partial charge in [0, 0.05) is 31.5 Å². The number of amides is 2. The van der Waals surface area contributed by atoms with Crippen LogP contribution in [0.1, 0.15) is 42.4 Å². The number of fused-ring (bicyclic) bond motifs is 1. The first-order valence-electron chi connectivity index (χ1n) is 10.9. The van der Waals surface area contributed by atoms with Crippen LogP contribution in [0.2, 0.25) is 0 Å². The van der Waals surface area contributed by atoms with Crippen LogP contribution >= 0.6 is 0 Å². The standard InChI is InChI=1S/C25H30N2O4/c1-30-21-14-19-10-13-27(17-20(19)15-22(21)31-2)24(29)9-12-25(11-8-23(28)26-25)16-18-6-4-3-5-7-18/h3-7,14-15H,8-13,16-17H2,1-2H3,(H,26,28). The van der Waals surface area contributed by atoms with E-state index in [4.69, 9.17) is 9.47 Å². The van der Waals surface area contributed by atoms with Crippen LogP contribution in [-0.4, -0.2) is 43.0 Å². The fraction of sp³-hybridized carbons (Fsp3) is 0.440. The summed E-state index contributed by atoms with van der Waals surface area (Å²) in [6.07, 6.45) is 3.94. The van der Waals surface area contributed by atoms with E-state index in [0.717, 1.165) is 30.6 Å². The second kappa shape index (κ2) is 9.00. The minimum absolute atomic E-state index is 0.0799. The second-order valence-electron chi connectivity index (χ2n) is 8.53. The van der Waals surface area contributed by atoms with Gasteiger partial charge in [-0.15, -0.1) is 0 Å². The number of methoxy groups -OCH3 is 2. The van der Waals surface area contributed by atoms with E-state index in [1.54, 1.807) is 14.2 Å². The fourth-order valence-electron chi connectivity index (χ4n) is 4.77. The molecule has 6 nitrogen and oxygen atoms in total. The fourth-order valence-corrected chi connectivity index (χ4v) is 4.77. The number of carbonyl (C=O) groups excluding carboxylic acids is 2. The maximum Gasteiger partial charge on any atom is 0.222 e. The summed E-state index contributed by atoms with van der Waals surface area (Å²) in [5, 5.41) is 3.18. The number of hydrogen-bond acceptors (Lipinski definition) is 4. The molecule has 1 fully saturated rings. The maximum absolute atomic E-state index is 13.1. The van der Waals surface area contributed by atoms with Gasteiger partial charge in [0.25, 0.3) is 0 Å². The van der Waals surface area contributed by atoms with Crippen LogP contribution in [0.5, 0.6) is 11.5 Å². The van der Waals surface area contributed by atoms with Crippen LogP contribution in [-0.2, 0) is 29.0 Å².